The van der Waals surface area contributed by atoms with Crippen molar-refractivity contribution in [1.82, 2.24) is 5.43 Å². The lowest BCUT2D eigenvalue weighted by Crippen LogP contribution is -2.33. The topological polar surface area (TPSA) is 70.6 Å². The molecule has 0 bridgehead atoms. The Morgan fingerprint density at radius 2 is 1.33 bits per heavy atom. The van der Waals surface area contributed by atoms with Gasteiger partial charge in [0.2, 0.25) is 0 Å². The molecule has 0 radical (unpaired) electrons. The molecule has 0 unspecified atom stereocenters. The van der Waals surface area contributed by atoms with E-state index in [0.717, 1.165) is 31.4 Å². The van der Waals surface area contributed by atoms with Gasteiger partial charge in [-0.05, 0) is 43.9 Å². The predicted octanol–water partition coefficient (Wildman–Crippen LogP) is 5.71. The smallest absolute Gasteiger partial charge is 0.318 e. The van der Waals surface area contributed by atoms with Crippen molar-refractivity contribution in [2.75, 3.05) is 5.32 Å². The number of nitrogens with one attached hydrogen (secondary N) is 2. The standard InChI is InChI=1S/C20H27Cl2N3O2/c21-17-13-12-16(14-18(17)22)23-19(26)20(27)25-24-15-10-8-6-4-2-1-3-5-7-9-11-15/h12-14H,1-11H2,(H,23,26)(H,25,27). The highest BCUT2D eigenvalue weighted by atomic mass is 35.5. The minimum absolute atomic E-state index is 0.309. The van der Waals surface area contributed by atoms with E-state index < -0.39 is 11.8 Å². The van der Waals surface area contributed by atoms with Crippen LogP contribution in [-0.4, -0.2) is 17.5 Å². The molecule has 0 aliphatic heterocycles. The molecular weight excluding hydrogens is 385 g/mol. The van der Waals surface area contributed by atoms with Gasteiger partial charge in [-0.25, -0.2) is 5.43 Å². The number of nitrogens with zero attached hydrogens (tertiary/aromatic N) is 1. The summed E-state index contributed by atoms with van der Waals surface area (Å²) < 4.78 is 0. The molecule has 2 amide bonds. The second kappa shape index (κ2) is 12.0. The molecule has 1 saturated carbocycles. The number of benzene rings is 1. The Bertz CT molecular complexity index is 663. The Labute approximate surface area is 170 Å². The molecule has 2 N–H and O–H groups in total. The Morgan fingerprint density at radius 3 is 1.89 bits per heavy atom. The van der Waals surface area contributed by atoms with Crippen molar-refractivity contribution in [2.45, 2.75) is 70.6 Å². The summed E-state index contributed by atoms with van der Waals surface area (Å²) in [5.41, 5.74) is 3.76. The summed E-state index contributed by atoms with van der Waals surface area (Å²) in [6, 6.07) is 4.63. The summed E-state index contributed by atoms with van der Waals surface area (Å²) in [5, 5.41) is 7.40. The van der Waals surface area contributed by atoms with Gasteiger partial charge in [0.25, 0.3) is 0 Å². The third-order valence-corrected chi connectivity index (χ3v) is 5.37. The number of carbonyl (C=O) groups is 2. The maximum absolute atomic E-state index is 12.0. The van der Waals surface area contributed by atoms with Gasteiger partial charge in [-0.2, -0.15) is 5.10 Å². The summed E-state index contributed by atoms with van der Waals surface area (Å²) in [4.78, 5) is 24.0. The zero-order valence-electron chi connectivity index (χ0n) is 15.5. The summed E-state index contributed by atoms with van der Waals surface area (Å²) in [7, 11) is 0. The van der Waals surface area contributed by atoms with Crippen molar-refractivity contribution < 1.29 is 9.59 Å². The van der Waals surface area contributed by atoms with Crippen LogP contribution in [0.1, 0.15) is 70.6 Å². The summed E-state index contributed by atoms with van der Waals surface area (Å²) in [5.74, 6) is -1.58. The van der Waals surface area contributed by atoms with E-state index in [-0.39, 0.29) is 0 Å². The number of hydrogen-bond donors (Lipinski definition) is 2. The van der Waals surface area contributed by atoms with E-state index in [1.165, 1.54) is 51.0 Å². The fourth-order valence-electron chi connectivity index (χ4n) is 3.07. The predicted molar refractivity (Wildman–Crippen MR) is 111 cm³/mol. The van der Waals surface area contributed by atoms with Crippen LogP contribution in [0.5, 0.6) is 0 Å². The van der Waals surface area contributed by atoms with E-state index in [4.69, 9.17) is 23.2 Å². The van der Waals surface area contributed by atoms with E-state index in [9.17, 15) is 9.59 Å². The average Bonchev–Trinajstić information content (AvgIpc) is 2.64. The molecule has 5 nitrogen and oxygen atoms in total. The van der Waals surface area contributed by atoms with Crippen LogP contribution in [0.15, 0.2) is 23.3 Å². The first kappa shape index (κ1) is 21.7. The third-order valence-electron chi connectivity index (χ3n) is 4.63. The molecule has 0 aromatic heterocycles. The van der Waals surface area contributed by atoms with Gasteiger partial charge in [0.15, 0.2) is 0 Å². The average molecular weight is 412 g/mol. The van der Waals surface area contributed by atoms with Crippen LogP contribution in [-0.2, 0) is 9.59 Å². The third kappa shape index (κ3) is 8.31. The molecule has 1 aliphatic carbocycles. The zero-order chi connectivity index (χ0) is 19.5. The van der Waals surface area contributed by atoms with E-state index in [1.807, 2.05) is 0 Å². The summed E-state index contributed by atoms with van der Waals surface area (Å²) >= 11 is 11.7. The second-order valence-corrected chi connectivity index (χ2v) is 7.70. The molecule has 1 aliphatic rings. The second-order valence-electron chi connectivity index (χ2n) is 6.88. The molecule has 1 aromatic rings. The molecule has 7 heteroatoms. The van der Waals surface area contributed by atoms with Gasteiger partial charge in [-0.1, -0.05) is 68.1 Å². The van der Waals surface area contributed by atoms with Gasteiger partial charge in [0, 0.05) is 11.4 Å². The monoisotopic (exact) mass is 411 g/mol. The normalized spacial score (nSPS) is 16.6. The van der Waals surface area contributed by atoms with Crippen molar-refractivity contribution in [3.05, 3.63) is 28.2 Å². The molecule has 0 spiro atoms. The molecule has 0 saturated heterocycles. The fraction of sp³-hybridized carbons (Fsp3) is 0.550. The fourth-order valence-corrected chi connectivity index (χ4v) is 3.37. The van der Waals surface area contributed by atoms with Gasteiger partial charge in [-0.15, -0.1) is 0 Å². The minimum atomic E-state index is -0.792. The van der Waals surface area contributed by atoms with Crippen LogP contribution in [0.3, 0.4) is 0 Å². The number of carbonyl (C=O) groups excluding carboxylic acids is 2. The SMILES string of the molecule is O=C(NN=C1CCCCCCCCCCC1)C(=O)Nc1ccc(Cl)c(Cl)c1. The van der Waals surface area contributed by atoms with Gasteiger partial charge in [-0.3, -0.25) is 9.59 Å². The van der Waals surface area contributed by atoms with Crippen molar-refractivity contribution in [2.24, 2.45) is 5.10 Å². The minimum Gasteiger partial charge on any atom is -0.318 e. The maximum atomic E-state index is 12.0. The van der Waals surface area contributed by atoms with E-state index >= 15 is 0 Å². The Balaban J connectivity index is 1.87. The summed E-state index contributed by atoms with van der Waals surface area (Å²) in [6.45, 7) is 0. The molecule has 1 fully saturated rings. The highest BCUT2D eigenvalue weighted by Gasteiger charge is 2.14. The van der Waals surface area contributed by atoms with E-state index in [1.54, 1.807) is 12.1 Å². The molecular formula is C20H27Cl2N3O2. The number of anilines is 1. The first-order chi connectivity index (χ1) is 13.1. The van der Waals surface area contributed by atoms with Crippen LogP contribution in [0.4, 0.5) is 5.69 Å². The Hall–Kier alpha value is -1.59. The van der Waals surface area contributed by atoms with Gasteiger partial charge < -0.3 is 5.32 Å². The van der Waals surface area contributed by atoms with Crippen LogP contribution < -0.4 is 10.7 Å². The van der Waals surface area contributed by atoms with Crippen LogP contribution >= 0.6 is 23.2 Å². The summed E-state index contributed by atoms with van der Waals surface area (Å²) in [6.07, 6.45) is 12.7. The first-order valence-electron chi connectivity index (χ1n) is 9.68. The lowest BCUT2D eigenvalue weighted by molar-refractivity contribution is -0.136. The van der Waals surface area contributed by atoms with Gasteiger partial charge in [0.05, 0.1) is 10.0 Å². The van der Waals surface area contributed by atoms with Gasteiger partial charge in [0.1, 0.15) is 0 Å². The number of halogens is 2. The van der Waals surface area contributed by atoms with E-state index in [0.29, 0.717) is 15.7 Å². The quantitative estimate of drug-likeness (QED) is 0.483. The molecule has 148 valence electrons. The Kier molecular flexibility index (Phi) is 9.64. The number of hydrogen-bond acceptors (Lipinski definition) is 3. The van der Waals surface area contributed by atoms with Crippen molar-refractivity contribution in [3.63, 3.8) is 0 Å². The lowest BCUT2D eigenvalue weighted by Gasteiger charge is -2.10. The zero-order valence-corrected chi connectivity index (χ0v) is 17.0. The number of hydrazone groups is 1. The highest BCUT2D eigenvalue weighted by molar-refractivity contribution is 6.42. The van der Waals surface area contributed by atoms with Gasteiger partial charge >= 0.3 is 11.8 Å². The van der Waals surface area contributed by atoms with Crippen molar-refractivity contribution in [1.29, 1.82) is 0 Å². The molecule has 27 heavy (non-hydrogen) atoms. The maximum Gasteiger partial charge on any atom is 0.329 e. The van der Waals surface area contributed by atoms with Crippen LogP contribution in [0, 0.1) is 0 Å². The number of rotatable bonds is 2. The van der Waals surface area contributed by atoms with E-state index in [2.05, 4.69) is 15.8 Å². The molecule has 0 atom stereocenters. The largest absolute Gasteiger partial charge is 0.329 e. The van der Waals surface area contributed by atoms with Crippen molar-refractivity contribution in [3.8, 4) is 0 Å². The van der Waals surface area contributed by atoms with Crippen LogP contribution in [0.25, 0.3) is 0 Å². The Morgan fingerprint density at radius 1 is 0.778 bits per heavy atom. The van der Waals surface area contributed by atoms with Crippen LogP contribution in [0.2, 0.25) is 10.0 Å². The molecule has 1 aromatic carbocycles. The first-order valence-corrected chi connectivity index (χ1v) is 10.4. The molecule has 2 rings (SSSR count). The number of amides is 2. The molecule has 0 heterocycles. The van der Waals surface area contributed by atoms with Crippen molar-refractivity contribution >= 4 is 46.4 Å². The highest BCUT2D eigenvalue weighted by Crippen LogP contribution is 2.24. The lowest BCUT2D eigenvalue weighted by atomic mass is 10.00.